The number of benzene rings is 1. The van der Waals surface area contributed by atoms with Gasteiger partial charge in [-0.25, -0.2) is 8.42 Å². The summed E-state index contributed by atoms with van der Waals surface area (Å²) in [4.78, 5) is 19.7. The van der Waals surface area contributed by atoms with Crippen molar-refractivity contribution in [2.45, 2.75) is 76.2 Å². The topological polar surface area (TPSA) is 99.6 Å². The van der Waals surface area contributed by atoms with Gasteiger partial charge in [0, 0.05) is 30.9 Å². The highest BCUT2D eigenvalue weighted by atomic mass is 32.2. The molecule has 0 radical (unpaired) electrons. The molecule has 1 fully saturated rings. The van der Waals surface area contributed by atoms with Crippen LogP contribution < -0.4 is 5.32 Å². The van der Waals surface area contributed by atoms with E-state index in [9.17, 15) is 31.5 Å². The molecule has 1 aromatic heterocycles. The van der Waals surface area contributed by atoms with Crippen molar-refractivity contribution >= 4 is 15.7 Å². The molecule has 1 saturated carbocycles. The lowest BCUT2D eigenvalue weighted by molar-refractivity contribution is -0.184. The minimum Gasteiger partial charge on any atom is -0.394 e. The van der Waals surface area contributed by atoms with E-state index < -0.39 is 34.6 Å². The molecule has 4 rings (SSSR count). The van der Waals surface area contributed by atoms with Crippen molar-refractivity contribution in [1.82, 2.24) is 15.2 Å². The first-order valence-electron chi connectivity index (χ1n) is 13.9. The maximum Gasteiger partial charge on any atom is 0.391 e. The van der Waals surface area contributed by atoms with E-state index in [0.29, 0.717) is 30.6 Å². The second-order valence-electron chi connectivity index (χ2n) is 11.3. The maximum atomic E-state index is 13.1. The van der Waals surface area contributed by atoms with Crippen LogP contribution in [0.25, 0.3) is 0 Å². The van der Waals surface area contributed by atoms with E-state index in [0.717, 1.165) is 17.7 Å². The van der Waals surface area contributed by atoms with Crippen LogP contribution in [0.2, 0.25) is 0 Å². The van der Waals surface area contributed by atoms with Crippen molar-refractivity contribution in [2.75, 3.05) is 18.9 Å². The third kappa shape index (κ3) is 6.69. The monoisotopic (exact) mass is 581 g/mol. The largest absolute Gasteiger partial charge is 0.394 e. The number of pyridine rings is 1. The number of sulfone groups is 1. The molecule has 1 aliphatic carbocycles. The van der Waals surface area contributed by atoms with E-state index in [1.807, 2.05) is 12.1 Å². The zero-order chi connectivity index (χ0) is 29.2. The van der Waals surface area contributed by atoms with Crippen molar-refractivity contribution < 1.29 is 31.5 Å². The van der Waals surface area contributed by atoms with Gasteiger partial charge in [-0.15, -0.1) is 0 Å². The fourth-order valence-electron chi connectivity index (χ4n) is 6.05. The van der Waals surface area contributed by atoms with Crippen LogP contribution in [-0.4, -0.2) is 54.4 Å². The van der Waals surface area contributed by atoms with E-state index in [1.165, 1.54) is 18.3 Å². The van der Waals surface area contributed by atoms with Crippen molar-refractivity contribution in [3.8, 4) is 0 Å². The van der Waals surface area contributed by atoms with Crippen LogP contribution in [0.1, 0.15) is 85.7 Å². The first-order chi connectivity index (χ1) is 18.8. The maximum absolute atomic E-state index is 13.1. The minimum absolute atomic E-state index is 0.0548. The molecule has 220 valence electrons. The van der Waals surface area contributed by atoms with Gasteiger partial charge in [-0.3, -0.25) is 14.7 Å². The van der Waals surface area contributed by atoms with Gasteiger partial charge in [0.25, 0.3) is 5.91 Å². The van der Waals surface area contributed by atoms with Crippen molar-refractivity contribution in [2.24, 2.45) is 17.8 Å². The Hall–Kier alpha value is -2.50. The number of halogens is 3. The van der Waals surface area contributed by atoms with E-state index in [-0.39, 0.29) is 47.3 Å². The summed E-state index contributed by atoms with van der Waals surface area (Å²) >= 11 is 0. The lowest BCUT2D eigenvalue weighted by atomic mass is 9.81. The Balaban J connectivity index is 1.44. The van der Waals surface area contributed by atoms with Crippen LogP contribution in [0.15, 0.2) is 41.4 Å². The van der Waals surface area contributed by atoms with Crippen LogP contribution in [-0.2, 0) is 16.4 Å². The standard InChI is InChI=1S/C29H38F3N3O4S/c1-4-40(38,39)23-10-12-25(33-14-23)26(17-36)34-28(37)20-7-11-24-21(13-20)16-35(27(24)18(2)3)15-19-5-8-22(9-6-19)29(30,31)32/h7,10-14,18-19,22,26-27,36H,4-6,8-9,15-17H2,1-3H3,(H,34,37)/t19-,22-,26-,27-/m1/s1. The van der Waals surface area contributed by atoms with Gasteiger partial charge >= 0.3 is 6.18 Å². The number of aliphatic hydroxyl groups excluding tert-OH is 1. The molecule has 2 heterocycles. The van der Waals surface area contributed by atoms with Crippen molar-refractivity contribution in [3.63, 3.8) is 0 Å². The summed E-state index contributed by atoms with van der Waals surface area (Å²) in [5.74, 6) is -1.13. The normalized spacial score (nSPS) is 22.8. The summed E-state index contributed by atoms with van der Waals surface area (Å²) in [7, 11) is -3.41. The molecule has 0 bridgehead atoms. The minimum atomic E-state index is -4.11. The molecule has 2 atom stereocenters. The molecule has 1 aromatic carbocycles. The quantitative estimate of drug-likeness (QED) is 0.421. The molecule has 2 aliphatic rings. The number of hydrogen-bond acceptors (Lipinski definition) is 6. The summed E-state index contributed by atoms with van der Waals surface area (Å²) in [6.07, 6.45) is -1.38. The van der Waals surface area contributed by atoms with Gasteiger partial charge in [0.15, 0.2) is 9.84 Å². The van der Waals surface area contributed by atoms with Gasteiger partial charge in [0.05, 0.1) is 34.9 Å². The van der Waals surface area contributed by atoms with Crippen molar-refractivity contribution in [1.29, 1.82) is 0 Å². The smallest absolute Gasteiger partial charge is 0.391 e. The second-order valence-corrected chi connectivity index (χ2v) is 13.6. The molecule has 2 N–H and O–H groups in total. The SMILES string of the molecule is CCS(=O)(=O)c1ccc([C@@H](CO)NC(=O)c2ccc3c(c2)CN(C[C@H]2CC[C@H](C(F)(F)F)CC2)[C@@H]3C(C)C)nc1. The molecule has 2 aromatic rings. The number of aliphatic hydroxyl groups is 1. The number of alkyl halides is 3. The number of carbonyl (C=O) groups excluding carboxylic acids is 1. The number of nitrogens with one attached hydrogen (secondary N) is 1. The van der Waals surface area contributed by atoms with Crippen LogP contribution in [0.4, 0.5) is 13.2 Å². The number of fused-ring (bicyclic) bond motifs is 1. The number of rotatable bonds is 9. The number of nitrogens with zero attached hydrogens (tertiary/aromatic N) is 2. The van der Waals surface area contributed by atoms with Gasteiger partial charge in [0.2, 0.25) is 0 Å². The van der Waals surface area contributed by atoms with E-state index in [2.05, 4.69) is 29.0 Å². The predicted octanol–water partition coefficient (Wildman–Crippen LogP) is 5.22. The highest BCUT2D eigenvalue weighted by Crippen LogP contribution is 2.43. The van der Waals surface area contributed by atoms with Crippen molar-refractivity contribution in [3.05, 3.63) is 58.9 Å². The van der Waals surface area contributed by atoms with E-state index in [1.54, 1.807) is 13.0 Å². The van der Waals surface area contributed by atoms with Gasteiger partial charge in [0.1, 0.15) is 0 Å². The Morgan fingerprint density at radius 2 is 1.85 bits per heavy atom. The molecule has 0 spiro atoms. The zero-order valence-electron chi connectivity index (χ0n) is 23.1. The Kier molecular flexibility index (Phi) is 9.26. The number of hydrogen-bond donors (Lipinski definition) is 2. The number of carbonyl (C=O) groups is 1. The Bertz CT molecular complexity index is 1290. The van der Waals surface area contributed by atoms with Crippen LogP contribution in [0.3, 0.4) is 0 Å². The first-order valence-corrected chi connectivity index (χ1v) is 15.5. The fraction of sp³-hybridized carbons (Fsp3) is 0.586. The van der Waals surface area contributed by atoms with Gasteiger partial charge in [-0.2, -0.15) is 13.2 Å². The summed E-state index contributed by atoms with van der Waals surface area (Å²) < 4.78 is 63.4. The van der Waals surface area contributed by atoms with E-state index >= 15 is 0 Å². The first kappa shape index (κ1) is 30.5. The van der Waals surface area contributed by atoms with Gasteiger partial charge < -0.3 is 10.4 Å². The van der Waals surface area contributed by atoms with Crippen LogP contribution >= 0.6 is 0 Å². The van der Waals surface area contributed by atoms with Crippen LogP contribution in [0.5, 0.6) is 0 Å². The summed E-state index contributed by atoms with van der Waals surface area (Å²) in [6.45, 7) is 6.74. The number of amides is 1. The second kappa shape index (κ2) is 12.2. The molecule has 40 heavy (non-hydrogen) atoms. The Labute approximate surface area is 234 Å². The van der Waals surface area contributed by atoms with E-state index in [4.69, 9.17) is 0 Å². The van der Waals surface area contributed by atoms with Gasteiger partial charge in [-0.1, -0.05) is 26.8 Å². The third-order valence-electron chi connectivity index (χ3n) is 8.27. The average Bonchev–Trinajstić information content (AvgIpc) is 3.28. The molecule has 1 amide bonds. The predicted molar refractivity (Wildman–Crippen MR) is 145 cm³/mol. The van der Waals surface area contributed by atoms with Crippen LogP contribution in [0, 0.1) is 17.8 Å². The highest BCUT2D eigenvalue weighted by Gasteiger charge is 2.42. The molecule has 11 heteroatoms. The summed E-state index contributed by atoms with van der Waals surface area (Å²) in [6, 6.07) is 7.76. The third-order valence-corrected chi connectivity index (χ3v) is 9.99. The lowest BCUT2D eigenvalue weighted by Crippen LogP contribution is -2.34. The summed E-state index contributed by atoms with van der Waals surface area (Å²) in [5, 5.41) is 12.7. The molecule has 7 nitrogen and oxygen atoms in total. The molecule has 1 aliphatic heterocycles. The number of aromatic nitrogens is 1. The average molecular weight is 582 g/mol. The molecule has 0 unspecified atom stereocenters. The molecule has 0 saturated heterocycles. The lowest BCUT2D eigenvalue weighted by Gasteiger charge is -2.35. The molecular formula is C29H38F3N3O4S. The summed E-state index contributed by atoms with van der Waals surface area (Å²) in [5.41, 5.74) is 2.92. The highest BCUT2D eigenvalue weighted by molar-refractivity contribution is 7.91. The Morgan fingerprint density at radius 3 is 2.40 bits per heavy atom. The Morgan fingerprint density at radius 1 is 1.15 bits per heavy atom. The zero-order valence-corrected chi connectivity index (χ0v) is 23.9. The van der Waals surface area contributed by atoms with Gasteiger partial charge in [-0.05, 0) is 72.9 Å². The fourth-order valence-corrected chi connectivity index (χ4v) is 6.87. The molecular weight excluding hydrogens is 543 g/mol.